The molecule has 6 heteroatoms. The van der Waals surface area contributed by atoms with Crippen LogP contribution in [0.4, 0.5) is 5.82 Å². The zero-order valence-corrected chi connectivity index (χ0v) is 12.0. The molecule has 5 nitrogen and oxygen atoms in total. The van der Waals surface area contributed by atoms with E-state index in [1.54, 1.807) is 18.3 Å². The Balaban J connectivity index is 1.61. The number of aromatic nitrogens is 1. The largest absolute Gasteiger partial charge is 0.354 e. The number of carbonyl (C=O) groups is 1. The molecule has 0 N–H and O–H groups in total. The van der Waals surface area contributed by atoms with Crippen LogP contribution in [-0.2, 0) is 4.79 Å². The van der Waals surface area contributed by atoms with Crippen molar-refractivity contribution in [2.45, 2.75) is 0 Å². The van der Waals surface area contributed by atoms with Gasteiger partial charge in [0.05, 0.1) is 11.5 Å². The average molecular weight is 288 g/mol. The van der Waals surface area contributed by atoms with Gasteiger partial charge in [0.1, 0.15) is 11.9 Å². The summed E-state index contributed by atoms with van der Waals surface area (Å²) in [6, 6.07) is 5.67. The van der Waals surface area contributed by atoms with Gasteiger partial charge in [-0.15, -0.1) is 0 Å². The molecular weight excluding hydrogens is 272 g/mol. The first-order valence-electron chi connectivity index (χ1n) is 6.76. The third-order valence-electron chi connectivity index (χ3n) is 3.76. The molecule has 0 aromatic carbocycles. The maximum Gasteiger partial charge on any atom is 0.229 e. The van der Waals surface area contributed by atoms with Crippen molar-refractivity contribution < 1.29 is 4.79 Å². The summed E-state index contributed by atoms with van der Waals surface area (Å²) < 4.78 is 0. The van der Waals surface area contributed by atoms with Gasteiger partial charge in [0.15, 0.2) is 0 Å². The van der Waals surface area contributed by atoms with Gasteiger partial charge in [-0.05, 0) is 12.1 Å². The topological polar surface area (TPSA) is 60.2 Å². The summed E-state index contributed by atoms with van der Waals surface area (Å²) in [7, 11) is 0. The second kappa shape index (κ2) is 5.71. The first-order valence-corrected chi connectivity index (χ1v) is 7.91. The molecule has 0 spiro atoms. The lowest BCUT2D eigenvalue weighted by atomic mass is 9.97. The van der Waals surface area contributed by atoms with Crippen LogP contribution in [0.2, 0.25) is 0 Å². The van der Waals surface area contributed by atoms with Crippen LogP contribution >= 0.6 is 11.8 Å². The molecule has 1 aromatic rings. The second-order valence-corrected chi connectivity index (χ2v) is 6.25. The molecule has 0 saturated carbocycles. The van der Waals surface area contributed by atoms with E-state index < -0.39 is 0 Å². The van der Waals surface area contributed by atoms with Crippen molar-refractivity contribution in [1.82, 2.24) is 9.88 Å². The Morgan fingerprint density at radius 1 is 1.40 bits per heavy atom. The monoisotopic (exact) mass is 288 g/mol. The highest BCUT2D eigenvalue weighted by Gasteiger charge is 2.37. The summed E-state index contributed by atoms with van der Waals surface area (Å²) >= 11 is 1.91. The lowest BCUT2D eigenvalue weighted by Crippen LogP contribution is -2.56. The molecule has 0 radical (unpaired) electrons. The molecule has 0 bridgehead atoms. The van der Waals surface area contributed by atoms with Crippen LogP contribution in [0.5, 0.6) is 0 Å². The summed E-state index contributed by atoms with van der Waals surface area (Å²) in [6.45, 7) is 3.09. The minimum absolute atomic E-state index is 0.0617. The number of amides is 1. The minimum Gasteiger partial charge on any atom is -0.354 e. The Hall–Kier alpha value is -1.74. The van der Waals surface area contributed by atoms with Crippen LogP contribution in [-0.4, -0.2) is 53.5 Å². The number of hydrogen-bond acceptors (Lipinski definition) is 5. The minimum atomic E-state index is 0.0617. The SMILES string of the molecule is N#Cc1cccnc1N1CC(C(=O)N2CCSCC2)C1. The predicted molar refractivity (Wildman–Crippen MR) is 78.6 cm³/mol. The summed E-state index contributed by atoms with van der Waals surface area (Å²) in [4.78, 5) is 20.6. The summed E-state index contributed by atoms with van der Waals surface area (Å²) in [5, 5.41) is 9.07. The van der Waals surface area contributed by atoms with Gasteiger partial charge < -0.3 is 9.80 Å². The van der Waals surface area contributed by atoms with E-state index in [1.165, 1.54) is 0 Å². The molecule has 1 amide bonds. The van der Waals surface area contributed by atoms with E-state index in [4.69, 9.17) is 5.26 Å². The Kier molecular flexibility index (Phi) is 3.79. The molecule has 3 heterocycles. The van der Waals surface area contributed by atoms with Crippen molar-refractivity contribution in [2.75, 3.05) is 42.6 Å². The van der Waals surface area contributed by atoms with Gasteiger partial charge in [-0.2, -0.15) is 17.0 Å². The first-order chi connectivity index (χ1) is 9.79. The number of hydrogen-bond donors (Lipinski definition) is 0. The maximum atomic E-state index is 12.3. The number of nitrogens with zero attached hydrogens (tertiary/aromatic N) is 4. The number of rotatable bonds is 2. The van der Waals surface area contributed by atoms with E-state index in [-0.39, 0.29) is 11.8 Å². The molecule has 2 fully saturated rings. The van der Waals surface area contributed by atoms with E-state index in [0.29, 0.717) is 24.5 Å². The van der Waals surface area contributed by atoms with Gasteiger partial charge in [0.2, 0.25) is 5.91 Å². The van der Waals surface area contributed by atoms with Crippen molar-refractivity contribution in [3.05, 3.63) is 23.9 Å². The van der Waals surface area contributed by atoms with Crippen LogP contribution in [0.1, 0.15) is 5.56 Å². The lowest BCUT2D eigenvalue weighted by Gasteiger charge is -2.42. The Labute approximate surface area is 122 Å². The number of pyridine rings is 1. The van der Waals surface area contributed by atoms with Crippen molar-refractivity contribution in [3.8, 4) is 6.07 Å². The second-order valence-electron chi connectivity index (χ2n) is 5.03. The van der Waals surface area contributed by atoms with E-state index in [0.717, 1.165) is 24.6 Å². The van der Waals surface area contributed by atoms with Crippen LogP contribution in [0.15, 0.2) is 18.3 Å². The van der Waals surface area contributed by atoms with Crippen molar-refractivity contribution in [2.24, 2.45) is 5.92 Å². The summed E-state index contributed by atoms with van der Waals surface area (Å²) in [5.74, 6) is 3.11. The number of anilines is 1. The fraction of sp³-hybridized carbons (Fsp3) is 0.500. The predicted octanol–water partition coefficient (Wildman–Crippen LogP) is 0.965. The molecule has 3 rings (SSSR count). The van der Waals surface area contributed by atoms with Crippen molar-refractivity contribution in [1.29, 1.82) is 5.26 Å². The molecule has 1 aromatic heterocycles. The highest BCUT2D eigenvalue weighted by atomic mass is 32.2. The first kappa shape index (κ1) is 13.3. The quantitative estimate of drug-likeness (QED) is 0.811. The molecule has 2 saturated heterocycles. The fourth-order valence-electron chi connectivity index (χ4n) is 2.59. The maximum absolute atomic E-state index is 12.3. The van der Waals surface area contributed by atoms with Crippen molar-refractivity contribution in [3.63, 3.8) is 0 Å². The third-order valence-corrected chi connectivity index (χ3v) is 4.70. The molecular formula is C14H16N4OS. The highest BCUT2D eigenvalue weighted by Crippen LogP contribution is 2.27. The summed E-state index contributed by atoms with van der Waals surface area (Å²) in [6.07, 6.45) is 1.69. The molecule has 0 atom stereocenters. The Bertz CT molecular complexity index is 544. The van der Waals surface area contributed by atoms with Gasteiger partial charge in [0, 0.05) is 43.9 Å². The van der Waals surface area contributed by atoms with Crippen LogP contribution in [0.25, 0.3) is 0 Å². The Morgan fingerprint density at radius 3 is 2.85 bits per heavy atom. The van der Waals surface area contributed by atoms with Gasteiger partial charge in [-0.25, -0.2) is 4.98 Å². The van der Waals surface area contributed by atoms with Gasteiger partial charge >= 0.3 is 0 Å². The molecule has 2 aliphatic heterocycles. The molecule has 104 valence electrons. The lowest BCUT2D eigenvalue weighted by molar-refractivity contribution is -0.135. The van der Waals surface area contributed by atoms with E-state index in [1.807, 2.05) is 21.6 Å². The Morgan fingerprint density at radius 2 is 2.15 bits per heavy atom. The fourth-order valence-corrected chi connectivity index (χ4v) is 3.49. The number of carbonyl (C=O) groups excluding carboxylic acids is 1. The molecule has 0 aliphatic carbocycles. The van der Waals surface area contributed by atoms with E-state index in [9.17, 15) is 4.79 Å². The number of thioether (sulfide) groups is 1. The molecule has 2 aliphatic rings. The van der Waals surface area contributed by atoms with Crippen LogP contribution < -0.4 is 4.90 Å². The van der Waals surface area contributed by atoms with E-state index >= 15 is 0 Å². The standard InChI is InChI=1S/C14H16N4OS/c15-8-11-2-1-3-16-13(11)18-9-12(10-18)14(19)17-4-6-20-7-5-17/h1-3,12H,4-7,9-10H2. The van der Waals surface area contributed by atoms with Gasteiger partial charge in [-0.3, -0.25) is 4.79 Å². The zero-order chi connectivity index (χ0) is 13.9. The molecule has 0 unspecified atom stereocenters. The van der Waals surface area contributed by atoms with E-state index in [2.05, 4.69) is 11.1 Å². The summed E-state index contributed by atoms with van der Waals surface area (Å²) in [5.41, 5.74) is 0.577. The normalized spacial score (nSPS) is 19.4. The highest BCUT2D eigenvalue weighted by molar-refractivity contribution is 7.99. The average Bonchev–Trinajstić information content (AvgIpc) is 2.47. The van der Waals surface area contributed by atoms with Gasteiger partial charge in [-0.1, -0.05) is 0 Å². The number of nitriles is 1. The van der Waals surface area contributed by atoms with Crippen LogP contribution in [0, 0.1) is 17.2 Å². The third kappa shape index (κ3) is 2.46. The molecule has 20 heavy (non-hydrogen) atoms. The van der Waals surface area contributed by atoms with Gasteiger partial charge in [0.25, 0.3) is 0 Å². The smallest absolute Gasteiger partial charge is 0.229 e. The van der Waals surface area contributed by atoms with Crippen LogP contribution in [0.3, 0.4) is 0 Å². The van der Waals surface area contributed by atoms with Crippen molar-refractivity contribution >= 4 is 23.5 Å². The zero-order valence-electron chi connectivity index (χ0n) is 11.2.